The molecule has 2 saturated heterocycles. The normalized spacial score (nSPS) is 27.2. The first-order chi connectivity index (χ1) is 10.3. The Bertz CT molecular complexity index is 647. The van der Waals surface area contributed by atoms with Crippen LogP contribution in [-0.2, 0) is 11.3 Å². The average molecular weight is 286 g/mol. The summed E-state index contributed by atoms with van der Waals surface area (Å²) in [6.45, 7) is 2.42. The van der Waals surface area contributed by atoms with Gasteiger partial charge in [-0.25, -0.2) is 4.68 Å². The first-order valence-electron chi connectivity index (χ1n) is 7.19. The fourth-order valence-corrected chi connectivity index (χ4v) is 3.25. The van der Waals surface area contributed by atoms with Crippen molar-refractivity contribution < 1.29 is 9.47 Å². The summed E-state index contributed by atoms with van der Waals surface area (Å²) in [5.41, 5.74) is 1.67. The van der Waals surface area contributed by atoms with Gasteiger partial charge in [0, 0.05) is 18.2 Å². The highest BCUT2D eigenvalue weighted by atomic mass is 16.5. The largest absolute Gasteiger partial charge is 0.496 e. The molecule has 1 aromatic carbocycles. The van der Waals surface area contributed by atoms with Crippen LogP contribution in [0.25, 0.3) is 11.3 Å². The molecular formula is C15H18N4O2. The third-order valence-corrected chi connectivity index (χ3v) is 4.29. The van der Waals surface area contributed by atoms with Gasteiger partial charge in [-0.05, 0) is 18.6 Å². The quantitative estimate of drug-likeness (QED) is 0.911. The van der Waals surface area contributed by atoms with Gasteiger partial charge in [-0.3, -0.25) is 0 Å². The zero-order valence-corrected chi connectivity index (χ0v) is 12.0. The van der Waals surface area contributed by atoms with Gasteiger partial charge in [0.2, 0.25) is 0 Å². The van der Waals surface area contributed by atoms with Gasteiger partial charge in [-0.2, -0.15) is 0 Å². The molecule has 6 nitrogen and oxygen atoms in total. The maximum atomic E-state index is 5.93. The van der Waals surface area contributed by atoms with Crippen LogP contribution in [0.4, 0.5) is 0 Å². The highest BCUT2D eigenvalue weighted by Gasteiger charge is 2.46. The van der Waals surface area contributed by atoms with Crippen LogP contribution in [0.15, 0.2) is 30.5 Å². The molecule has 2 aliphatic rings. The molecular weight excluding hydrogens is 268 g/mol. The van der Waals surface area contributed by atoms with Gasteiger partial charge in [0.05, 0.1) is 26.5 Å². The number of hydrogen-bond donors (Lipinski definition) is 1. The fraction of sp³-hybridized carbons (Fsp3) is 0.467. The summed E-state index contributed by atoms with van der Waals surface area (Å²) in [4.78, 5) is 0. The summed E-state index contributed by atoms with van der Waals surface area (Å²) < 4.78 is 13.2. The van der Waals surface area contributed by atoms with Crippen LogP contribution in [0, 0.1) is 0 Å². The number of ether oxygens (including phenoxy) is 2. The van der Waals surface area contributed by atoms with Crippen LogP contribution in [-0.4, -0.2) is 46.9 Å². The SMILES string of the molecule is COc1ccccc1-c1cn(CC23CNC(CO2)C3)nn1. The lowest BCUT2D eigenvalue weighted by Crippen LogP contribution is -2.42. The van der Waals surface area contributed by atoms with E-state index in [1.807, 2.05) is 35.1 Å². The van der Waals surface area contributed by atoms with Crippen molar-refractivity contribution in [2.45, 2.75) is 24.6 Å². The molecule has 0 radical (unpaired) electrons. The Hall–Kier alpha value is -1.92. The van der Waals surface area contributed by atoms with Crippen molar-refractivity contribution in [2.75, 3.05) is 20.3 Å². The zero-order valence-electron chi connectivity index (χ0n) is 12.0. The van der Waals surface area contributed by atoms with E-state index in [2.05, 4.69) is 15.6 Å². The van der Waals surface area contributed by atoms with Crippen molar-refractivity contribution in [3.8, 4) is 17.0 Å². The van der Waals surface area contributed by atoms with Crippen molar-refractivity contribution in [3.05, 3.63) is 30.5 Å². The molecule has 0 saturated carbocycles. The fourth-order valence-electron chi connectivity index (χ4n) is 3.25. The number of hydrogen-bond acceptors (Lipinski definition) is 5. The summed E-state index contributed by atoms with van der Waals surface area (Å²) in [6.07, 6.45) is 3.01. The predicted molar refractivity (Wildman–Crippen MR) is 77.1 cm³/mol. The molecule has 0 aliphatic carbocycles. The first kappa shape index (κ1) is 12.8. The van der Waals surface area contributed by atoms with Gasteiger partial charge >= 0.3 is 0 Å². The summed E-state index contributed by atoms with van der Waals surface area (Å²) in [6, 6.07) is 8.34. The standard InChI is InChI=1S/C15H18N4O2/c1-20-14-5-3-2-4-12(14)13-7-19(18-17-13)10-15-6-11(8-21-15)16-9-15/h2-5,7,11,16H,6,8-10H2,1H3. The molecule has 1 N–H and O–H groups in total. The van der Waals surface area contributed by atoms with Crippen LogP contribution in [0.3, 0.4) is 0 Å². The number of nitrogens with zero attached hydrogens (tertiary/aromatic N) is 3. The third kappa shape index (κ3) is 2.20. The number of benzene rings is 1. The second-order valence-corrected chi connectivity index (χ2v) is 5.78. The maximum absolute atomic E-state index is 5.93. The number of para-hydroxylation sites is 1. The van der Waals surface area contributed by atoms with Gasteiger partial charge in [-0.15, -0.1) is 5.10 Å². The van der Waals surface area contributed by atoms with Crippen molar-refractivity contribution in [1.29, 1.82) is 0 Å². The minimum atomic E-state index is -0.115. The molecule has 4 rings (SSSR count). The van der Waals surface area contributed by atoms with Gasteiger partial charge in [0.25, 0.3) is 0 Å². The van der Waals surface area contributed by atoms with Crippen LogP contribution >= 0.6 is 0 Å². The van der Waals surface area contributed by atoms with Crippen LogP contribution in [0.2, 0.25) is 0 Å². The Labute approximate surface area is 123 Å². The first-order valence-corrected chi connectivity index (χ1v) is 7.19. The van der Waals surface area contributed by atoms with Crippen molar-refractivity contribution in [3.63, 3.8) is 0 Å². The highest BCUT2D eigenvalue weighted by molar-refractivity contribution is 5.65. The molecule has 6 heteroatoms. The number of morpholine rings is 1. The molecule has 2 aliphatic heterocycles. The second kappa shape index (κ2) is 4.82. The molecule has 2 aromatic rings. The lowest BCUT2D eigenvalue weighted by molar-refractivity contribution is -0.0206. The van der Waals surface area contributed by atoms with Crippen molar-refractivity contribution in [2.24, 2.45) is 0 Å². The van der Waals surface area contributed by atoms with E-state index in [-0.39, 0.29) is 5.60 Å². The molecule has 110 valence electrons. The minimum Gasteiger partial charge on any atom is -0.496 e. The van der Waals surface area contributed by atoms with E-state index < -0.39 is 0 Å². The van der Waals surface area contributed by atoms with E-state index in [9.17, 15) is 0 Å². The molecule has 2 fully saturated rings. The van der Waals surface area contributed by atoms with E-state index in [1.165, 1.54) is 0 Å². The minimum absolute atomic E-state index is 0.115. The molecule has 0 spiro atoms. The average Bonchev–Trinajstić information content (AvgIpc) is 3.23. The number of nitrogens with one attached hydrogen (secondary N) is 1. The van der Waals surface area contributed by atoms with Crippen molar-refractivity contribution in [1.82, 2.24) is 20.3 Å². The van der Waals surface area contributed by atoms with Gasteiger partial charge in [0.15, 0.2) is 0 Å². The molecule has 21 heavy (non-hydrogen) atoms. The topological polar surface area (TPSA) is 61.2 Å². The summed E-state index contributed by atoms with van der Waals surface area (Å²) in [5, 5.41) is 12.0. The second-order valence-electron chi connectivity index (χ2n) is 5.78. The predicted octanol–water partition coefficient (Wildman–Crippen LogP) is 1.08. The Morgan fingerprint density at radius 2 is 2.38 bits per heavy atom. The Morgan fingerprint density at radius 3 is 3.10 bits per heavy atom. The molecule has 1 aromatic heterocycles. The van der Waals surface area contributed by atoms with E-state index in [0.717, 1.165) is 43.1 Å². The molecule has 2 bridgehead atoms. The monoisotopic (exact) mass is 286 g/mol. The molecule has 2 unspecified atom stereocenters. The Morgan fingerprint density at radius 1 is 1.48 bits per heavy atom. The van der Waals surface area contributed by atoms with Crippen LogP contribution < -0.4 is 10.1 Å². The molecule has 0 amide bonds. The van der Waals surface area contributed by atoms with Gasteiger partial charge < -0.3 is 14.8 Å². The lowest BCUT2D eigenvalue weighted by atomic mass is 10.0. The number of methoxy groups -OCH3 is 1. The number of fused-ring (bicyclic) bond motifs is 2. The van der Waals surface area contributed by atoms with Crippen LogP contribution in [0.5, 0.6) is 5.75 Å². The van der Waals surface area contributed by atoms with E-state index >= 15 is 0 Å². The lowest BCUT2D eigenvalue weighted by Gasteiger charge is -2.26. The van der Waals surface area contributed by atoms with Gasteiger partial charge in [-0.1, -0.05) is 17.3 Å². The summed E-state index contributed by atoms with van der Waals surface area (Å²) in [7, 11) is 1.67. The summed E-state index contributed by atoms with van der Waals surface area (Å²) in [5.74, 6) is 0.808. The maximum Gasteiger partial charge on any atom is 0.128 e. The van der Waals surface area contributed by atoms with E-state index in [1.54, 1.807) is 7.11 Å². The highest BCUT2D eigenvalue weighted by Crippen LogP contribution is 2.33. The molecule has 3 heterocycles. The smallest absolute Gasteiger partial charge is 0.128 e. The van der Waals surface area contributed by atoms with Crippen molar-refractivity contribution >= 4 is 0 Å². The Balaban J connectivity index is 1.58. The van der Waals surface area contributed by atoms with Gasteiger partial charge in [0.1, 0.15) is 17.0 Å². The number of rotatable bonds is 4. The number of aromatic nitrogens is 3. The van der Waals surface area contributed by atoms with E-state index in [0.29, 0.717) is 6.04 Å². The summed E-state index contributed by atoms with van der Waals surface area (Å²) >= 11 is 0. The zero-order chi connectivity index (χ0) is 14.3. The third-order valence-electron chi connectivity index (χ3n) is 4.29. The van der Waals surface area contributed by atoms with E-state index in [4.69, 9.17) is 9.47 Å². The molecule has 2 atom stereocenters. The Kier molecular flexibility index (Phi) is 2.94. The van der Waals surface area contributed by atoms with Crippen LogP contribution in [0.1, 0.15) is 6.42 Å².